The van der Waals surface area contributed by atoms with Crippen LogP contribution in [0.1, 0.15) is 55.6 Å². The van der Waals surface area contributed by atoms with Gasteiger partial charge in [0, 0.05) is 36.3 Å². The van der Waals surface area contributed by atoms with Crippen LogP contribution in [0, 0.1) is 0 Å². The number of aromatic amines is 1. The summed E-state index contributed by atoms with van der Waals surface area (Å²) < 4.78 is 5.59. The third-order valence-corrected chi connectivity index (χ3v) is 6.35. The van der Waals surface area contributed by atoms with Crippen molar-refractivity contribution in [2.75, 3.05) is 30.4 Å². The minimum absolute atomic E-state index is 0.0878. The molecular formula is C23H26N4O3. The maximum absolute atomic E-state index is 13.4. The van der Waals surface area contributed by atoms with Crippen LogP contribution in [0.25, 0.3) is 0 Å². The summed E-state index contributed by atoms with van der Waals surface area (Å²) in [5.74, 6) is 1.44. The molecule has 2 aliphatic heterocycles. The average molecular weight is 406 g/mol. The molecule has 0 bridgehead atoms. The molecule has 0 amide bonds. The molecule has 3 aliphatic rings. The van der Waals surface area contributed by atoms with Crippen molar-refractivity contribution in [2.45, 2.75) is 44.4 Å². The highest BCUT2D eigenvalue weighted by Crippen LogP contribution is 2.45. The summed E-state index contributed by atoms with van der Waals surface area (Å²) >= 11 is 0. The lowest BCUT2D eigenvalue weighted by Crippen LogP contribution is -2.36. The smallest absolute Gasteiger partial charge is 0.258 e. The Morgan fingerprint density at radius 2 is 1.87 bits per heavy atom. The van der Waals surface area contributed by atoms with Crippen LogP contribution in [-0.4, -0.2) is 36.0 Å². The lowest BCUT2D eigenvalue weighted by molar-refractivity contribution is -0.116. The van der Waals surface area contributed by atoms with E-state index in [2.05, 4.69) is 15.2 Å². The fourth-order valence-corrected chi connectivity index (χ4v) is 4.92. The predicted octanol–water partition coefficient (Wildman–Crippen LogP) is 3.33. The van der Waals surface area contributed by atoms with E-state index in [1.807, 2.05) is 24.3 Å². The van der Waals surface area contributed by atoms with E-state index in [4.69, 9.17) is 9.72 Å². The first-order valence-corrected chi connectivity index (χ1v) is 10.7. The van der Waals surface area contributed by atoms with Crippen molar-refractivity contribution < 1.29 is 9.53 Å². The highest BCUT2D eigenvalue weighted by molar-refractivity contribution is 6.01. The second-order valence-corrected chi connectivity index (χ2v) is 8.17. The zero-order valence-corrected chi connectivity index (χ0v) is 17.2. The van der Waals surface area contributed by atoms with Crippen LogP contribution in [-0.2, 0) is 4.79 Å². The van der Waals surface area contributed by atoms with Crippen LogP contribution in [0.4, 0.5) is 11.8 Å². The van der Waals surface area contributed by atoms with E-state index >= 15 is 0 Å². The Balaban J connectivity index is 1.70. The van der Waals surface area contributed by atoms with Crippen LogP contribution in [0.5, 0.6) is 5.75 Å². The van der Waals surface area contributed by atoms with Gasteiger partial charge in [0.05, 0.1) is 18.6 Å². The summed E-state index contributed by atoms with van der Waals surface area (Å²) in [5, 5.41) is 3.35. The number of carbonyl (C=O) groups is 1. The molecule has 2 aromatic rings. The van der Waals surface area contributed by atoms with Gasteiger partial charge in [0.25, 0.3) is 5.56 Å². The van der Waals surface area contributed by atoms with E-state index in [1.165, 1.54) is 6.42 Å². The van der Waals surface area contributed by atoms with E-state index in [0.29, 0.717) is 35.1 Å². The number of nitrogens with zero attached hydrogens (tertiary/aromatic N) is 2. The molecule has 30 heavy (non-hydrogen) atoms. The van der Waals surface area contributed by atoms with Crippen molar-refractivity contribution in [3.05, 3.63) is 57.0 Å². The van der Waals surface area contributed by atoms with Crippen molar-refractivity contribution in [3.63, 3.8) is 0 Å². The normalized spacial score (nSPS) is 21.0. The summed E-state index contributed by atoms with van der Waals surface area (Å²) in [7, 11) is 1.61. The molecule has 0 radical (unpaired) electrons. The van der Waals surface area contributed by atoms with Crippen molar-refractivity contribution in [3.8, 4) is 5.75 Å². The Bertz CT molecular complexity index is 1080. The maximum atomic E-state index is 13.4. The molecule has 0 saturated carbocycles. The predicted molar refractivity (Wildman–Crippen MR) is 115 cm³/mol. The Labute approximate surface area is 175 Å². The van der Waals surface area contributed by atoms with Gasteiger partial charge in [0.2, 0.25) is 5.95 Å². The molecule has 0 spiro atoms. The first-order valence-electron chi connectivity index (χ1n) is 10.7. The molecule has 1 atom stereocenters. The molecule has 1 fully saturated rings. The zero-order valence-electron chi connectivity index (χ0n) is 17.2. The SMILES string of the molecule is COc1ccccc1[C@@H]1C2=C(CCCC2=O)Nc2nc(N3CCCCC3)[nH]c(=O)c21. The first-order chi connectivity index (χ1) is 14.7. The second kappa shape index (κ2) is 7.63. The Hall–Kier alpha value is -3.09. The number of methoxy groups -OCH3 is 1. The van der Waals surface area contributed by atoms with E-state index in [-0.39, 0.29) is 11.3 Å². The minimum Gasteiger partial charge on any atom is -0.496 e. The monoisotopic (exact) mass is 406 g/mol. The zero-order chi connectivity index (χ0) is 20.7. The van der Waals surface area contributed by atoms with E-state index < -0.39 is 5.92 Å². The molecular weight excluding hydrogens is 380 g/mol. The Kier molecular flexibility index (Phi) is 4.81. The Morgan fingerprint density at radius 3 is 2.67 bits per heavy atom. The van der Waals surface area contributed by atoms with Crippen LogP contribution in [0.15, 0.2) is 40.3 Å². The molecule has 1 aliphatic carbocycles. The van der Waals surface area contributed by atoms with Crippen LogP contribution >= 0.6 is 0 Å². The molecule has 3 heterocycles. The maximum Gasteiger partial charge on any atom is 0.258 e. The number of fused-ring (bicyclic) bond motifs is 1. The highest BCUT2D eigenvalue weighted by atomic mass is 16.5. The Morgan fingerprint density at radius 1 is 1.07 bits per heavy atom. The molecule has 1 aromatic carbocycles. The number of para-hydroxylation sites is 1. The summed E-state index contributed by atoms with van der Waals surface area (Å²) in [6, 6.07) is 7.61. The van der Waals surface area contributed by atoms with E-state index in [0.717, 1.165) is 50.0 Å². The van der Waals surface area contributed by atoms with Gasteiger partial charge in [0.1, 0.15) is 11.6 Å². The van der Waals surface area contributed by atoms with Gasteiger partial charge in [-0.1, -0.05) is 18.2 Å². The number of allylic oxidation sites excluding steroid dienone is 2. The molecule has 156 valence electrons. The number of benzene rings is 1. The van der Waals surface area contributed by atoms with Gasteiger partial charge in [-0.3, -0.25) is 14.6 Å². The summed E-state index contributed by atoms with van der Waals surface area (Å²) in [4.78, 5) is 36.3. The molecule has 7 heteroatoms. The summed E-state index contributed by atoms with van der Waals surface area (Å²) in [5.41, 5.74) is 2.68. The van der Waals surface area contributed by atoms with Crippen molar-refractivity contribution >= 4 is 17.5 Å². The van der Waals surface area contributed by atoms with Crippen molar-refractivity contribution in [1.82, 2.24) is 9.97 Å². The summed E-state index contributed by atoms with van der Waals surface area (Å²) in [6.07, 6.45) is 5.49. The number of ether oxygens (including phenoxy) is 1. The minimum atomic E-state index is -0.480. The highest BCUT2D eigenvalue weighted by Gasteiger charge is 2.39. The number of ketones is 1. The number of rotatable bonds is 3. The quantitative estimate of drug-likeness (QED) is 0.813. The first kappa shape index (κ1) is 18.9. The van der Waals surface area contributed by atoms with Gasteiger partial charge < -0.3 is 15.0 Å². The molecule has 0 unspecified atom stereocenters. The summed E-state index contributed by atoms with van der Waals surface area (Å²) in [6.45, 7) is 1.79. The number of H-pyrrole nitrogens is 1. The number of hydrogen-bond donors (Lipinski definition) is 2. The number of piperidine rings is 1. The number of aromatic nitrogens is 2. The number of carbonyl (C=O) groups excluding carboxylic acids is 1. The lowest BCUT2D eigenvalue weighted by atomic mass is 9.76. The topological polar surface area (TPSA) is 87.3 Å². The molecule has 1 saturated heterocycles. The van der Waals surface area contributed by atoms with E-state index in [9.17, 15) is 9.59 Å². The van der Waals surface area contributed by atoms with Crippen molar-refractivity contribution in [2.24, 2.45) is 0 Å². The number of nitrogens with one attached hydrogen (secondary N) is 2. The third kappa shape index (κ3) is 3.09. The van der Waals surface area contributed by atoms with Crippen LogP contribution < -0.4 is 20.5 Å². The van der Waals surface area contributed by atoms with Gasteiger partial charge in [-0.2, -0.15) is 4.98 Å². The van der Waals surface area contributed by atoms with Crippen molar-refractivity contribution in [1.29, 1.82) is 0 Å². The average Bonchev–Trinajstić information content (AvgIpc) is 2.78. The third-order valence-electron chi connectivity index (χ3n) is 6.35. The van der Waals surface area contributed by atoms with Gasteiger partial charge in [-0.15, -0.1) is 0 Å². The molecule has 1 aromatic heterocycles. The van der Waals surface area contributed by atoms with Crippen LogP contribution in [0.2, 0.25) is 0 Å². The van der Waals surface area contributed by atoms with Gasteiger partial charge >= 0.3 is 0 Å². The lowest BCUT2D eigenvalue weighted by Gasteiger charge is -2.34. The number of anilines is 2. The fourth-order valence-electron chi connectivity index (χ4n) is 4.92. The van der Waals surface area contributed by atoms with Gasteiger partial charge in [-0.25, -0.2) is 0 Å². The molecule has 5 rings (SSSR count). The molecule has 7 nitrogen and oxygen atoms in total. The van der Waals surface area contributed by atoms with E-state index in [1.54, 1.807) is 7.11 Å². The standard InChI is InChI=1S/C23H26N4O3/c1-30-17-11-4-3-8-14(17)18-19-15(9-7-10-16(19)28)24-21-20(18)22(29)26-23(25-21)27-12-5-2-6-13-27/h3-4,8,11,18H,2,5-7,9-10,12-13H2,1H3,(H2,24,25,26,29)/t18-/m1/s1. The molecule has 2 N–H and O–H groups in total. The number of Topliss-reactive ketones (excluding diaryl/α,β-unsaturated/α-hetero) is 1. The van der Waals surface area contributed by atoms with Gasteiger partial charge in [-0.05, 0) is 38.2 Å². The van der Waals surface area contributed by atoms with Crippen LogP contribution in [0.3, 0.4) is 0 Å². The second-order valence-electron chi connectivity index (χ2n) is 8.17. The van der Waals surface area contributed by atoms with Gasteiger partial charge in [0.15, 0.2) is 5.78 Å². The fraction of sp³-hybridized carbons (Fsp3) is 0.435. The largest absolute Gasteiger partial charge is 0.496 e. The number of hydrogen-bond acceptors (Lipinski definition) is 6.